The second-order valence-electron chi connectivity index (χ2n) is 4.57. The fourth-order valence-electron chi connectivity index (χ4n) is 1.94. The minimum Gasteiger partial charge on any atom is -0.468 e. The molecule has 16 heavy (non-hydrogen) atoms. The van der Waals surface area contributed by atoms with E-state index in [2.05, 4.69) is 26.1 Å². The van der Waals surface area contributed by atoms with E-state index in [1.54, 1.807) is 0 Å². The predicted molar refractivity (Wildman–Crippen MR) is 67.4 cm³/mol. The molecule has 0 bridgehead atoms. The van der Waals surface area contributed by atoms with Gasteiger partial charge in [0.25, 0.3) is 0 Å². The van der Waals surface area contributed by atoms with Crippen LogP contribution in [0.5, 0.6) is 0 Å². The first-order valence-corrected chi connectivity index (χ1v) is 6.39. The van der Waals surface area contributed by atoms with E-state index in [4.69, 9.17) is 4.74 Å². The molecule has 96 valence electrons. The van der Waals surface area contributed by atoms with Crippen LogP contribution in [-0.2, 0) is 9.53 Å². The van der Waals surface area contributed by atoms with Crippen molar-refractivity contribution in [3.63, 3.8) is 0 Å². The number of methoxy groups -OCH3 is 1. The van der Waals surface area contributed by atoms with E-state index in [9.17, 15) is 4.79 Å². The van der Waals surface area contributed by atoms with Gasteiger partial charge >= 0.3 is 5.97 Å². The van der Waals surface area contributed by atoms with Crippen LogP contribution in [0.4, 0.5) is 0 Å². The predicted octanol–water partition coefficient (Wildman–Crippen LogP) is 2.74. The Labute approximate surface area is 99.9 Å². The number of ether oxygens (including phenoxy) is 1. The average Bonchev–Trinajstić information content (AvgIpc) is 2.33. The highest BCUT2D eigenvalue weighted by atomic mass is 16.5. The van der Waals surface area contributed by atoms with Crippen LogP contribution in [0.15, 0.2) is 0 Å². The van der Waals surface area contributed by atoms with Crippen molar-refractivity contribution in [1.29, 1.82) is 0 Å². The Kier molecular flexibility index (Phi) is 7.39. The maximum atomic E-state index is 11.9. The molecule has 1 N–H and O–H groups in total. The van der Waals surface area contributed by atoms with Crippen molar-refractivity contribution in [2.75, 3.05) is 13.7 Å². The lowest BCUT2D eigenvalue weighted by molar-refractivity contribution is -0.149. The SMILES string of the molecule is CCCNC(CC)(CC(C)CC)C(=O)OC. The van der Waals surface area contributed by atoms with Crippen molar-refractivity contribution in [3.8, 4) is 0 Å². The van der Waals surface area contributed by atoms with E-state index < -0.39 is 5.54 Å². The lowest BCUT2D eigenvalue weighted by Gasteiger charge is -2.33. The Morgan fingerprint density at radius 3 is 2.38 bits per heavy atom. The molecular weight excluding hydrogens is 202 g/mol. The quantitative estimate of drug-likeness (QED) is 0.650. The third-order valence-electron chi connectivity index (χ3n) is 3.29. The van der Waals surface area contributed by atoms with E-state index in [-0.39, 0.29) is 5.97 Å². The van der Waals surface area contributed by atoms with Gasteiger partial charge in [-0.2, -0.15) is 0 Å². The van der Waals surface area contributed by atoms with Gasteiger partial charge in [0.2, 0.25) is 0 Å². The standard InChI is InChI=1S/C13H27NO2/c1-6-9-14-13(8-3,12(15)16-5)10-11(4)7-2/h11,14H,6-10H2,1-5H3. The topological polar surface area (TPSA) is 38.3 Å². The third kappa shape index (κ3) is 4.12. The fraction of sp³-hybridized carbons (Fsp3) is 0.923. The van der Waals surface area contributed by atoms with Gasteiger partial charge < -0.3 is 10.1 Å². The van der Waals surface area contributed by atoms with E-state index >= 15 is 0 Å². The van der Waals surface area contributed by atoms with Crippen molar-refractivity contribution >= 4 is 5.97 Å². The van der Waals surface area contributed by atoms with Gasteiger partial charge in [0.15, 0.2) is 0 Å². The lowest BCUT2D eigenvalue weighted by Crippen LogP contribution is -2.53. The molecule has 0 aliphatic rings. The Morgan fingerprint density at radius 2 is 2.00 bits per heavy atom. The molecule has 0 saturated heterocycles. The number of carbonyl (C=O) groups excluding carboxylic acids is 1. The van der Waals surface area contributed by atoms with E-state index in [0.29, 0.717) is 5.92 Å². The van der Waals surface area contributed by atoms with Crippen molar-refractivity contribution < 1.29 is 9.53 Å². The summed E-state index contributed by atoms with van der Waals surface area (Å²) in [6.07, 6.45) is 3.75. The first kappa shape index (κ1) is 15.4. The summed E-state index contributed by atoms with van der Waals surface area (Å²) in [5.74, 6) is 0.409. The van der Waals surface area contributed by atoms with Crippen molar-refractivity contribution in [3.05, 3.63) is 0 Å². The number of hydrogen-bond acceptors (Lipinski definition) is 3. The van der Waals surface area contributed by atoms with Gasteiger partial charge in [0.1, 0.15) is 5.54 Å². The van der Waals surface area contributed by atoms with Crippen LogP contribution < -0.4 is 5.32 Å². The molecule has 3 nitrogen and oxygen atoms in total. The highest BCUT2D eigenvalue weighted by molar-refractivity contribution is 5.80. The zero-order valence-electron chi connectivity index (χ0n) is 11.4. The van der Waals surface area contributed by atoms with Crippen LogP contribution in [0, 0.1) is 5.92 Å². The molecule has 0 aromatic rings. The van der Waals surface area contributed by atoms with E-state index in [1.807, 2.05) is 6.92 Å². The first-order chi connectivity index (χ1) is 7.56. The molecule has 0 rings (SSSR count). The van der Waals surface area contributed by atoms with Crippen molar-refractivity contribution in [2.45, 2.75) is 58.9 Å². The van der Waals surface area contributed by atoms with Gasteiger partial charge in [-0.25, -0.2) is 0 Å². The molecule has 0 saturated carbocycles. The molecule has 0 fully saturated rings. The fourth-order valence-corrected chi connectivity index (χ4v) is 1.94. The third-order valence-corrected chi connectivity index (χ3v) is 3.29. The minimum absolute atomic E-state index is 0.122. The van der Waals surface area contributed by atoms with Gasteiger partial charge in [0.05, 0.1) is 7.11 Å². The summed E-state index contributed by atoms with van der Waals surface area (Å²) in [5.41, 5.74) is -0.486. The van der Waals surface area contributed by atoms with Crippen LogP contribution >= 0.6 is 0 Å². The lowest BCUT2D eigenvalue weighted by atomic mass is 9.84. The second kappa shape index (κ2) is 7.66. The first-order valence-electron chi connectivity index (χ1n) is 6.39. The summed E-state index contributed by atoms with van der Waals surface area (Å²) < 4.78 is 4.95. The highest BCUT2D eigenvalue weighted by Gasteiger charge is 2.37. The largest absolute Gasteiger partial charge is 0.468 e. The highest BCUT2D eigenvalue weighted by Crippen LogP contribution is 2.24. The normalized spacial score (nSPS) is 16.6. The molecule has 0 aromatic carbocycles. The molecule has 0 radical (unpaired) electrons. The van der Waals surface area contributed by atoms with Crippen molar-refractivity contribution in [2.24, 2.45) is 5.92 Å². The smallest absolute Gasteiger partial charge is 0.326 e. The van der Waals surface area contributed by atoms with Crippen LogP contribution in [-0.4, -0.2) is 25.2 Å². The van der Waals surface area contributed by atoms with Gasteiger partial charge in [-0.05, 0) is 31.7 Å². The molecule has 0 spiro atoms. The zero-order valence-corrected chi connectivity index (χ0v) is 11.4. The van der Waals surface area contributed by atoms with Gasteiger partial charge in [-0.15, -0.1) is 0 Å². The van der Waals surface area contributed by atoms with Crippen molar-refractivity contribution in [1.82, 2.24) is 5.32 Å². The number of hydrogen-bond donors (Lipinski definition) is 1. The summed E-state index contributed by atoms with van der Waals surface area (Å²) in [6, 6.07) is 0. The average molecular weight is 229 g/mol. The molecule has 2 unspecified atom stereocenters. The Balaban J connectivity index is 4.73. The Bertz CT molecular complexity index is 206. The summed E-state index contributed by atoms with van der Waals surface area (Å²) in [5, 5.41) is 3.37. The molecule has 0 aliphatic carbocycles. The second-order valence-corrected chi connectivity index (χ2v) is 4.57. The number of carbonyl (C=O) groups is 1. The van der Waals surface area contributed by atoms with Gasteiger partial charge in [-0.3, -0.25) is 4.79 Å². The molecule has 0 aliphatic heterocycles. The maximum absolute atomic E-state index is 11.9. The van der Waals surface area contributed by atoms with Crippen LogP contribution in [0.2, 0.25) is 0 Å². The zero-order chi connectivity index (χ0) is 12.6. The minimum atomic E-state index is -0.486. The molecule has 0 amide bonds. The maximum Gasteiger partial charge on any atom is 0.326 e. The summed E-state index contributed by atoms with van der Waals surface area (Å²) in [6.45, 7) is 9.35. The Hall–Kier alpha value is -0.570. The summed E-state index contributed by atoms with van der Waals surface area (Å²) >= 11 is 0. The summed E-state index contributed by atoms with van der Waals surface area (Å²) in [4.78, 5) is 11.9. The molecule has 2 atom stereocenters. The molecule has 0 aromatic heterocycles. The monoisotopic (exact) mass is 229 g/mol. The van der Waals surface area contributed by atoms with Crippen LogP contribution in [0.3, 0.4) is 0 Å². The molecular formula is C13H27NO2. The van der Waals surface area contributed by atoms with Gasteiger partial charge in [-0.1, -0.05) is 34.1 Å². The number of nitrogens with one attached hydrogen (secondary N) is 1. The number of esters is 1. The summed E-state index contributed by atoms with van der Waals surface area (Å²) in [7, 11) is 1.47. The molecule has 0 heterocycles. The van der Waals surface area contributed by atoms with Crippen LogP contribution in [0.25, 0.3) is 0 Å². The van der Waals surface area contributed by atoms with Gasteiger partial charge in [0, 0.05) is 0 Å². The number of rotatable bonds is 8. The van der Waals surface area contributed by atoms with E-state index in [1.165, 1.54) is 7.11 Å². The van der Waals surface area contributed by atoms with Crippen LogP contribution in [0.1, 0.15) is 53.4 Å². The Morgan fingerprint density at radius 1 is 1.38 bits per heavy atom. The van der Waals surface area contributed by atoms with E-state index in [0.717, 1.165) is 32.2 Å². The molecule has 3 heteroatoms.